The molecule has 0 saturated carbocycles. The average molecular weight is 190 g/mol. The average Bonchev–Trinajstić information content (AvgIpc) is 2.28. The first-order valence-corrected chi connectivity index (χ1v) is 4.49. The molecule has 0 bridgehead atoms. The molecule has 1 heterocycles. The van der Waals surface area contributed by atoms with Crippen molar-refractivity contribution in [3.05, 3.63) is 29.3 Å². The van der Waals surface area contributed by atoms with Crippen LogP contribution in [0.1, 0.15) is 22.3 Å². The Labute approximate surface area is 81.7 Å². The van der Waals surface area contributed by atoms with E-state index in [9.17, 15) is 9.59 Å². The van der Waals surface area contributed by atoms with Gasteiger partial charge >= 0.3 is 0 Å². The summed E-state index contributed by atoms with van der Waals surface area (Å²) in [5.41, 5.74) is 1.41. The van der Waals surface area contributed by atoms with Crippen LogP contribution in [0.4, 0.5) is 0 Å². The molecule has 2 rings (SSSR count). The van der Waals surface area contributed by atoms with E-state index in [2.05, 4.69) is 0 Å². The van der Waals surface area contributed by atoms with Crippen LogP contribution in [0.5, 0.6) is 5.75 Å². The topological polar surface area (TPSA) is 43.4 Å². The van der Waals surface area contributed by atoms with Crippen LogP contribution in [0.15, 0.2) is 18.2 Å². The number of carbonyl (C=O) groups excluding carboxylic acids is 2. The second-order valence-electron chi connectivity index (χ2n) is 3.35. The Hall–Kier alpha value is -1.64. The van der Waals surface area contributed by atoms with Gasteiger partial charge in [-0.3, -0.25) is 9.59 Å². The summed E-state index contributed by atoms with van der Waals surface area (Å²) < 4.78 is 5.33. The number of aryl methyl sites for hydroxylation is 1. The molecule has 1 aromatic carbocycles. The Morgan fingerprint density at radius 2 is 2.07 bits per heavy atom. The summed E-state index contributed by atoms with van der Waals surface area (Å²) in [4.78, 5) is 22.8. The Kier molecular flexibility index (Phi) is 2.08. The lowest BCUT2D eigenvalue weighted by Crippen LogP contribution is -2.12. The van der Waals surface area contributed by atoms with Crippen LogP contribution in [0.3, 0.4) is 0 Å². The minimum atomic E-state index is -0.433. The van der Waals surface area contributed by atoms with Crippen molar-refractivity contribution in [1.82, 2.24) is 0 Å². The lowest BCUT2D eigenvalue weighted by Gasteiger charge is -2.05. The van der Waals surface area contributed by atoms with Crippen molar-refractivity contribution < 1.29 is 14.3 Å². The van der Waals surface area contributed by atoms with Crippen LogP contribution in [-0.2, 0) is 4.79 Å². The third-order valence-electron chi connectivity index (χ3n) is 2.22. The molecule has 1 aliphatic heterocycles. The fourth-order valence-electron chi connectivity index (χ4n) is 1.45. The van der Waals surface area contributed by atoms with E-state index in [1.807, 2.05) is 6.92 Å². The zero-order valence-corrected chi connectivity index (χ0v) is 7.87. The summed E-state index contributed by atoms with van der Waals surface area (Å²) >= 11 is 0. The van der Waals surface area contributed by atoms with Gasteiger partial charge in [-0.2, -0.15) is 0 Å². The molecule has 3 heteroatoms. The molecule has 0 radical (unpaired) electrons. The van der Waals surface area contributed by atoms with Crippen LogP contribution in [0.25, 0.3) is 0 Å². The number of fused-ring (bicyclic) bond motifs is 1. The first kappa shape index (κ1) is 8.94. The first-order chi connectivity index (χ1) is 6.68. The maximum Gasteiger partial charge on any atom is 0.232 e. The number of benzene rings is 1. The maximum atomic E-state index is 11.5. The Bertz CT molecular complexity index is 407. The van der Waals surface area contributed by atoms with Crippen molar-refractivity contribution in [3.63, 3.8) is 0 Å². The summed E-state index contributed by atoms with van der Waals surface area (Å²) in [7, 11) is 0. The predicted octanol–water partition coefficient (Wildman–Crippen LogP) is 1.53. The van der Waals surface area contributed by atoms with Gasteiger partial charge in [0.15, 0.2) is 0 Å². The van der Waals surface area contributed by atoms with Crippen molar-refractivity contribution in [2.24, 2.45) is 0 Å². The minimum absolute atomic E-state index is 0.173. The second kappa shape index (κ2) is 3.25. The molecule has 0 aliphatic carbocycles. The molecule has 0 atom stereocenters. The molecule has 14 heavy (non-hydrogen) atoms. The Morgan fingerprint density at radius 3 is 2.86 bits per heavy atom. The minimum Gasteiger partial charge on any atom is -0.492 e. The standard InChI is InChI=1S/C11H10O3/c1-7-2-3-8-10(6-7)14-5-4-9(12)11(8)13/h2-3,6H,4-5H2,1H3. The monoisotopic (exact) mass is 190 g/mol. The van der Waals surface area contributed by atoms with Crippen molar-refractivity contribution in [2.75, 3.05) is 6.61 Å². The fraction of sp³-hybridized carbons (Fsp3) is 0.273. The van der Waals surface area contributed by atoms with Gasteiger partial charge in [0.1, 0.15) is 5.75 Å². The van der Waals surface area contributed by atoms with Crippen LogP contribution in [0.2, 0.25) is 0 Å². The number of ketones is 2. The van der Waals surface area contributed by atoms with Crippen molar-refractivity contribution in [2.45, 2.75) is 13.3 Å². The molecule has 0 aromatic heterocycles. The van der Waals surface area contributed by atoms with E-state index >= 15 is 0 Å². The summed E-state index contributed by atoms with van der Waals surface area (Å²) in [6, 6.07) is 5.24. The molecule has 0 spiro atoms. The summed E-state index contributed by atoms with van der Waals surface area (Å²) in [5.74, 6) is -0.272. The van der Waals surface area contributed by atoms with Gasteiger partial charge in [-0.15, -0.1) is 0 Å². The van der Waals surface area contributed by atoms with Crippen LogP contribution >= 0.6 is 0 Å². The second-order valence-corrected chi connectivity index (χ2v) is 3.35. The summed E-state index contributed by atoms with van der Waals surface area (Å²) in [6.07, 6.45) is 0.173. The smallest absolute Gasteiger partial charge is 0.232 e. The molecule has 0 saturated heterocycles. The molecule has 3 nitrogen and oxygen atoms in total. The predicted molar refractivity (Wildman–Crippen MR) is 50.6 cm³/mol. The number of hydrogen-bond donors (Lipinski definition) is 0. The van der Waals surface area contributed by atoms with Crippen molar-refractivity contribution >= 4 is 11.6 Å². The third-order valence-corrected chi connectivity index (χ3v) is 2.22. The Morgan fingerprint density at radius 1 is 1.29 bits per heavy atom. The van der Waals surface area contributed by atoms with Crippen LogP contribution in [0, 0.1) is 6.92 Å². The summed E-state index contributed by atoms with van der Waals surface area (Å²) in [5, 5.41) is 0. The van der Waals surface area contributed by atoms with Crippen LogP contribution < -0.4 is 4.74 Å². The highest BCUT2D eigenvalue weighted by Gasteiger charge is 2.23. The zero-order valence-electron chi connectivity index (χ0n) is 7.87. The molecular weight excluding hydrogens is 180 g/mol. The van der Waals surface area contributed by atoms with E-state index in [0.29, 0.717) is 17.9 Å². The van der Waals surface area contributed by atoms with E-state index in [4.69, 9.17) is 4.74 Å². The summed E-state index contributed by atoms with van der Waals surface area (Å²) in [6.45, 7) is 2.21. The van der Waals surface area contributed by atoms with Gasteiger partial charge in [0.2, 0.25) is 11.6 Å². The molecule has 72 valence electrons. The van der Waals surface area contributed by atoms with Gasteiger partial charge < -0.3 is 4.74 Å². The van der Waals surface area contributed by atoms with E-state index in [0.717, 1.165) is 5.56 Å². The molecule has 1 aliphatic rings. The number of Topliss-reactive ketones (excluding diaryl/α,β-unsaturated/α-hetero) is 2. The SMILES string of the molecule is Cc1ccc2c(c1)OCCC(=O)C2=O. The van der Waals surface area contributed by atoms with Gasteiger partial charge in [0.05, 0.1) is 12.2 Å². The number of carbonyl (C=O) groups is 2. The van der Waals surface area contributed by atoms with Gasteiger partial charge in [0, 0.05) is 6.42 Å². The molecule has 0 fully saturated rings. The number of rotatable bonds is 0. The normalized spacial score (nSPS) is 15.8. The van der Waals surface area contributed by atoms with Crippen molar-refractivity contribution in [3.8, 4) is 5.75 Å². The van der Waals surface area contributed by atoms with Crippen molar-refractivity contribution in [1.29, 1.82) is 0 Å². The van der Waals surface area contributed by atoms with Gasteiger partial charge in [0.25, 0.3) is 0 Å². The van der Waals surface area contributed by atoms with Crippen LogP contribution in [-0.4, -0.2) is 18.2 Å². The highest BCUT2D eigenvalue weighted by molar-refractivity contribution is 6.44. The quantitative estimate of drug-likeness (QED) is 0.583. The Balaban J connectivity index is 2.53. The van der Waals surface area contributed by atoms with E-state index in [-0.39, 0.29) is 12.2 Å². The fourth-order valence-corrected chi connectivity index (χ4v) is 1.45. The van der Waals surface area contributed by atoms with Gasteiger partial charge in [-0.1, -0.05) is 6.07 Å². The van der Waals surface area contributed by atoms with Gasteiger partial charge in [-0.05, 0) is 24.6 Å². The largest absolute Gasteiger partial charge is 0.492 e. The highest BCUT2D eigenvalue weighted by atomic mass is 16.5. The molecular formula is C11H10O3. The van der Waals surface area contributed by atoms with E-state index < -0.39 is 5.78 Å². The van der Waals surface area contributed by atoms with Gasteiger partial charge in [-0.25, -0.2) is 0 Å². The van der Waals surface area contributed by atoms with E-state index in [1.165, 1.54) is 0 Å². The molecule has 0 unspecified atom stereocenters. The highest BCUT2D eigenvalue weighted by Crippen LogP contribution is 2.23. The van der Waals surface area contributed by atoms with E-state index in [1.54, 1.807) is 18.2 Å². The zero-order chi connectivity index (χ0) is 10.1. The lowest BCUT2D eigenvalue weighted by atomic mass is 10.0. The maximum absolute atomic E-state index is 11.5. The molecule has 0 amide bonds. The third kappa shape index (κ3) is 1.41. The first-order valence-electron chi connectivity index (χ1n) is 4.49. The number of hydrogen-bond acceptors (Lipinski definition) is 3. The molecule has 0 N–H and O–H groups in total. The lowest BCUT2D eigenvalue weighted by molar-refractivity contribution is -0.115. The molecule has 1 aromatic rings. The number of ether oxygens (including phenoxy) is 1.